The molecule has 1 rings (SSSR count). The van der Waals surface area contributed by atoms with Crippen LogP contribution < -0.4 is 0 Å². The number of aliphatic hydroxyl groups is 1. The summed E-state index contributed by atoms with van der Waals surface area (Å²) < 4.78 is 0. The largest absolute Gasteiger partial charge is 0.389 e. The zero-order chi connectivity index (χ0) is 8.81. The van der Waals surface area contributed by atoms with Gasteiger partial charge in [-0.05, 0) is 18.4 Å². The fourth-order valence-corrected chi connectivity index (χ4v) is 1.48. The lowest BCUT2D eigenvalue weighted by atomic mass is 10.0. The Balaban J connectivity index is 2.15. The molecule has 0 saturated heterocycles. The van der Waals surface area contributed by atoms with E-state index >= 15 is 0 Å². The maximum absolute atomic E-state index is 9.67. The summed E-state index contributed by atoms with van der Waals surface area (Å²) in [4.78, 5) is 0. The topological polar surface area (TPSA) is 20.2 Å². The number of hydrogen-bond donors (Lipinski definition) is 1. The minimum Gasteiger partial charge on any atom is -0.389 e. The van der Waals surface area contributed by atoms with Crippen LogP contribution in [0.4, 0.5) is 0 Å². The van der Waals surface area contributed by atoms with Crippen LogP contribution in [0.2, 0.25) is 0 Å². The molecule has 1 aliphatic carbocycles. The molecule has 0 bridgehead atoms. The molecular weight excluding hydrogens is 148 g/mol. The van der Waals surface area contributed by atoms with Crippen molar-refractivity contribution in [3.05, 3.63) is 23.8 Å². The number of rotatable bonds is 5. The molecule has 0 saturated carbocycles. The van der Waals surface area contributed by atoms with Crippen molar-refractivity contribution in [2.24, 2.45) is 0 Å². The summed E-state index contributed by atoms with van der Waals surface area (Å²) in [5.74, 6) is 0. The summed E-state index contributed by atoms with van der Waals surface area (Å²) >= 11 is 0. The lowest BCUT2D eigenvalue weighted by Gasteiger charge is -2.10. The lowest BCUT2D eigenvalue weighted by molar-refractivity contribution is 0.194. The molecule has 1 atom stereocenters. The van der Waals surface area contributed by atoms with Crippen LogP contribution in [0, 0.1) is 0 Å². The van der Waals surface area contributed by atoms with Crippen LogP contribution in [0.1, 0.15) is 39.0 Å². The third-order valence-electron chi connectivity index (χ3n) is 2.31. The average Bonchev–Trinajstić information content (AvgIpc) is 2.56. The van der Waals surface area contributed by atoms with E-state index in [2.05, 4.69) is 13.0 Å². The predicted octanol–water partition coefficient (Wildman–Crippen LogP) is 2.81. The Morgan fingerprint density at radius 1 is 1.50 bits per heavy atom. The highest BCUT2D eigenvalue weighted by atomic mass is 16.3. The van der Waals surface area contributed by atoms with Crippen molar-refractivity contribution in [3.8, 4) is 0 Å². The second-order valence-corrected chi connectivity index (χ2v) is 3.39. The molecule has 0 aromatic heterocycles. The van der Waals surface area contributed by atoms with Gasteiger partial charge in [-0.1, -0.05) is 44.4 Å². The molecule has 1 nitrogen and oxygen atoms in total. The maximum Gasteiger partial charge on any atom is 0.0756 e. The van der Waals surface area contributed by atoms with Crippen LogP contribution in [0.5, 0.6) is 0 Å². The Kier molecular flexibility index (Phi) is 4.09. The lowest BCUT2D eigenvalue weighted by Crippen LogP contribution is -2.08. The SMILES string of the molecule is CCCCCC(O)C1=CC=CC1. The zero-order valence-corrected chi connectivity index (χ0v) is 7.79. The van der Waals surface area contributed by atoms with Crippen LogP contribution in [0.25, 0.3) is 0 Å². The first-order chi connectivity index (χ1) is 5.84. The van der Waals surface area contributed by atoms with Gasteiger partial charge in [0.1, 0.15) is 0 Å². The van der Waals surface area contributed by atoms with Gasteiger partial charge in [0, 0.05) is 0 Å². The molecule has 0 aromatic carbocycles. The number of aliphatic hydroxyl groups excluding tert-OH is 1. The number of unbranched alkanes of at least 4 members (excludes halogenated alkanes) is 2. The van der Waals surface area contributed by atoms with Gasteiger partial charge < -0.3 is 5.11 Å². The Morgan fingerprint density at radius 3 is 2.92 bits per heavy atom. The van der Waals surface area contributed by atoms with Crippen molar-refractivity contribution >= 4 is 0 Å². The predicted molar refractivity (Wildman–Crippen MR) is 52.0 cm³/mol. The van der Waals surface area contributed by atoms with Crippen LogP contribution >= 0.6 is 0 Å². The summed E-state index contributed by atoms with van der Waals surface area (Å²) in [7, 11) is 0. The first-order valence-corrected chi connectivity index (χ1v) is 4.88. The van der Waals surface area contributed by atoms with E-state index in [1.807, 2.05) is 12.2 Å². The van der Waals surface area contributed by atoms with Crippen molar-refractivity contribution in [3.63, 3.8) is 0 Å². The van der Waals surface area contributed by atoms with E-state index < -0.39 is 0 Å². The van der Waals surface area contributed by atoms with Gasteiger partial charge in [-0.2, -0.15) is 0 Å². The van der Waals surface area contributed by atoms with Crippen molar-refractivity contribution in [2.45, 2.75) is 45.1 Å². The number of hydrogen-bond acceptors (Lipinski definition) is 1. The van der Waals surface area contributed by atoms with E-state index in [1.54, 1.807) is 0 Å². The first kappa shape index (κ1) is 9.53. The van der Waals surface area contributed by atoms with Gasteiger partial charge in [0.2, 0.25) is 0 Å². The van der Waals surface area contributed by atoms with E-state index in [0.717, 1.165) is 19.3 Å². The normalized spacial score (nSPS) is 18.0. The molecule has 1 heteroatoms. The van der Waals surface area contributed by atoms with Crippen molar-refractivity contribution in [1.82, 2.24) is 0 Å². The average molecular weight is 166 g/mol. The quantitative estimate of drug-likeness (QED) is 0.623. The minimum absolute atomic E-state index is 0.188. The summed E-state index contributed by atoms with van der Waals surface area (Å²) in [6.07, 6.45) is 11.5. The summed E-state index contributed by atoms with van der Waals surface area (Å²) in [5, 5.41) is 9.67. The van der Waals surface area contributed by atoms with Crippen LogP contribution in [-0.4, -0.2) is 11.2 Å². The van der Waals surface area contributed by atoms with Crippen LogP contribution in [-0.2, 0) is 0 Å². The van der Waals surface area contributed by atoms with Gasteiger partial charge >= 0.3 is 0 Å². The van der Waals surface area contributed by atoms with E-state index in [-0.39, 0.29) is 6.10 Å². The van der Waals surface area contributed by atoms with E-state index in [9.17, 15) is 5.11 Å². The molecular formula is C11H18O. The smallest absolute Gasteiger partial charge is 0.0756 e. The second kappa shape index (κ2) is 5.15. The van der Waals surface area contributed by atoms with Crippen LogP contribution in [0.3, 0.4) is 0 Å². The fourth-order valence-electron chi connectivity index (χ4n) is 1.48. The zero-order valence-electron chi connectivity index (χ0n) is 7.79. The number of allylic oxidation sites excluding steroid dienone is 3. The Hall–Kier alpha value is -0.560. The van der Waals surface area contributed by atoms with Gasteiger partial charge in [-0.3, -0.25) is 0 Å². The Bertz CT molecular complexity index is 179. The van der Waals surface area contributed by atoms with Gasteiger partial charge in [-0.15, -0.1) is 0 Å². The summed E-state index contributed by atoms with van der Waals surface area (Å²) in [5.41, 5.74) is 1.19. The van der Waals surface area contributed by atoms with Crippen molar-refractivity contribution in [1.29, 1.82) is 0 Å². The molecule has 1 aliphatic rings. The maximum atomic E-state index is 9.67. The minimum atomic E-state index is -0.188. The highest BCUT2D eigenvalue weighted by molar-refractivity contribution is 5.25. The van der Waals surface area contributed by atoms with E-state index in [0.29, 0.717) is 0 Å². The highest BCUT2D eigenvalue weighted by Gasteiger charge is 2.10. The molecule has 1 N–H and O–H groups in total. The van der Waals surface area contributed by atoms with Crippen molar-refractivity contribution in [2.75, 3.05) is 0 Å². The molecule has 1 unspecified atom stereocenters. The Labute approximate surface area is 74.8 Å². The molecule has 0 heterocycles. The third kappa shape index (κ3) is 2.82. The highest BCUT2D eigenvalue weighted by Crippen LogP contribution is 2.18. The Morgan fingerprint density at radius 2 is 2.33 bits per heavy atom. The van der Waals surface area contributed by atoms with Gasteiger partial charge in [0.15, 0.2) is 0 Å². The van der Waals surface area contributed by atoms with E-state index in [4.69, 9.17) is 0 Å². The molecule has 0 aromatic rings. The summed E-state index contributed by atoms with van der Waals surface area (Å²) in [6.45, 7) is 2.18. The fraction of sp³-hybridized carbons (Fsp3) is 0.636. The molecule has 0 spiro atoms. The monoisotopic (exact) mass is 166 g/mol. The molecule has 0 amide bonds. The molecule has 0 radical (unpaired) electrons. The van der Waals surface area contributed by atoms with Gasteiger partial charge in [-0.25, -0.2) is 0 Å². The standard InChI is InChI=1S/C11H18O/c1-2-3-4-9-11(12)10-7-5-6-8-10/h5-7,11-12H,2-4,8-9H2,1H3. The van der Waals surface area contributed by atoms with Gasteiger partial charge in [0.05, 0.1) is 6.10 Å². The molecule has 68 valence electrons. The molecule has 0 aliphatic heterocycles. The molecule has 12 heavy (non-hydrogen) atoms. The van der Waals surface area contributed by atoms with Crippen LogP contribution in [0.15, 0.2) is 23.8 Å². The molecule has 0 fully saturated rings. The van der Waals surface area contributed by atoms with Gasteiger partial charge in [0.25, 0.3) is 0 Å². The summed E-state index contributed by atoms with van der Waals surface area (Å²) in [6, 6.07) is 0. The van der Waals surface area contributed by atoms with E-state index in [1.165, 1.54) is 18.4 Å². The second-order valence-electron chi connectivity index (χ2n) is 3.39. The van der Waals surface area contributed by atoms with Crippen molar-refractivity contribution < 1.29 is 5.11 Å². The third-order valence-corrected chi connectivity index (χ3v) is 2.31. The first-order valence-electron chi connectivity index (χ1n) is 4.88.